The minimum atomic E-state index is 0.858. The average Bonchev–Trinajstić information content (AvgIpc) is 2.75. The molecule has 2 heterocycles. The van der Waals surface area contributed by atoms with Crippen LogP contribution in [0.1, 0.15) is 13.8 Å². The van der Waals surface area contributed by atoms with Crippen molar-refractivity contribution < 1.29 is 0 Å². The van der Waals surface area contributed by atoms with Crippen LogP contribution in [0.15, 0.2) is 66.9 Å². The summed E-state index contributed by atoms with van der Waals surface area (Å²) in [6.45, 7) is 6.19. The molecule has 0 amide bonds. The van der Waals surface area contributed by atoms with Gasteiger partial charge in [0.25, 0.3) is 0 Å². The highest BCUT2D eigenvalue weighted by molar-refractivity contribution is 6.05. The van der Waals surface area contributed by atoms with Crippen LogP contribution in [0.3, 0.4) is 0 Å². The Labute approximate surface area is 159 Å². The van der Waals surface area contributed by atoms with E-state index in [0.29, 0.717) is 0 Å². The second kappa shape index (κ2) is 7.54. The smallest absolute Gasteiger partial charge is 0.122 e. The molecule has 4 rings (SSSR count). The van der Waals surface area contributed by atoms with Crippen LogP contribution < -0.4 is 4.90 Å². The van der Waals surface area contributed by atoms with Crippen LogP contribution in [0.25, 0.3) is 33.3 Å². The third kappa shape index (κ3) is 3.14. The topological polar surface area (TPSA) is 41.9 Å². The zero-order valence-electron chi connectivity index (χ0n) is 15.6. The summed E-state index contributed by atoms with van der Waals surface area (Å²) in [5, 5.41) is 10.5. The Bertz CT molecular complexity index is 1050. The summed E-state index contributed by atoms with van der Waals surface area (Å²) in [5.74, 6) is 0. The van der Waals surface area contributed by atoms with E-state index < -0.39 is 0 Å². The number of fused-ring (bicyclic) bond motifs is 1. The fourth-order valence-corrected chi connectivity index (χ4v) is 3.50. The molecule has 133 valence electrons. The Morgan fingerprint density at radius 2 is 1.67 bits per heavy atom. The molecule has 0 spiro atoms. The van der Waals surface area contributed by atoms with Crippen molar-refractivity contribution in [3.8, 4) is 22.5 Å². The molecule has 0 aliphatic heterocycles. The van der Waals surface area contributed by atoms with Crippen molar-refractivity contribution in [3.05, 3.63) is 73.1 Å². The molecule has 4 nitrogen and oxygen atoms in total. The Hall–Kier alpha value is -3.27. The van der Waals surface area contributed by atoms with Gasteiger partial charge in [0.2, 0.25) is 0 Å². The van der Waals surface area contributed by atoms with Gasteiger partial charge in [-0.15, -0.1) is 10.2 Å². The van der Waals surface area contributed by atoms with Crippen molar-refractivity contribution in [3.63, 3.8) is 0 Å². The zero-order valence-corrected chi connectivity index (χ0v) is 15.6. The number of benzene rings is 2. The first-order chi connectivity index (χ1) is 13.3. The zero-order chi connectivity index (χ0) is 18.6. The second-order valence-electron chi connectivity index (χ2n) is 6.30. The molecular weight excluding hydrogens is 332 g/mol. The van der Waals surface area contributed by atoms with Gasteiger partial charge in [-0.05, 0) is 26.0 Å². The lowest BCUT2D eigenvalue weighted by Gasteiger charge is -2.24. The molecule has 2 aromatic carbocycles. The van der Waals surface area contributed by atoms with Gasteiger partial charge in [-0.25, -0.2) is 0 Å². The van der Waals surface area contributed by atoms with E-state index in [1.165, 1.54) is 0 Å². The fraction of sp³-hybridized carbons (Fsp3) is 0.174. The normalized spacial score (nSPS) is 10.9. The van der Waals surface area contributed by atoms with Gasteiger partial charge in [-0.2, -0.15) is 0 Å². The number of nitrogens with zero attached hydrogens (tertiary/aromatic N) is 4. The molecular formula is C23H21N4. The van der Waals surface area contributed by atoms with Gasteiger partial charge in [-0.1, -0.05) is 48.5 Å². The van der Waals surface area contributed by atoms with Gasteiger partial charge >= 0.3 is 0 Å². The molecule has 2 aromatic heterocycles. The summed E-state index contributed by atoms with van der Waals surface area (Å²) in [6, 6.07) is 20.5. The third-order valence-electron chi connectivity index (χ3n) is 4.81. The van der Waals surface area contributed by atoms with E-state index in [4.69, 9.17) is 4.98 Å². The van der Waals surface area contributed by atoms with Gasteiger partial charge in [0.05, 0.1) is 11.4 Å². The van der Waals surface area contributed by atoms with Crippen LogP contribution in [0, 0.1) is 6.20 Å². The maximum absolute atomic E-state index is 4.75. The van der Waals surface area contributed by atoms with Gasteiger partial charge in [0, 0.05) is 41.2 Å². The largest absolute Gasteiger partial charge is 0.370 e. The van der Waals surface area contributed by atoms with Gasteiger partial charge < -0.3 is 4.90 Å². The first-order valence-corrected chi connectivity index (χ1v) is 9.26. The Morgan fingerprint density at radius 1 is 0.852 bits per heavy atom. The maximum Gasteiger partial charge on any atom is 0.122 e. The van der Waals surface area contributed by atoms with Crippen LogP contribution in [0.4, 0.5) is 5.69 Å². The van der Waals surface area contributed by atoms with Crippen LogP contribution >= 0.6 is 0 Å². The molecule has 0 saturated heterocycles. The summed E-state index contributed by atoms with van der Waals surface area (Å²) in [5.41, 5.74) is 5.05. The van der Waals surface area contributed by atoms with Gasteiger partial charge in [0.1, 0.15) is 11.9 Å². The molecule has 27 heavy (non-hydrogen) atoms. The van der Waals surface area contributed by atoms with Crippen molar-refractivity contribution in [2.45, 2.75) is 13.8 Å². The summed E-state index contributed by atoms with van der Waals surface area (Å²) in [6.07, 6.45) is 4.89. The van der Waals surface area contributed by atoms with Crippen molar-refractivity contribution in [2.24, 2.45) is 0 Å². The molecule has 0 bridgehead atoms. The third-order valence-corrected chi connectivity index (χ3v) is 4.81. The number of aromatic nitrogens is 3. The van der Waals surface area contributed by atoms with E-state index >= 15 is 0 Å². The molecule has 0 aliphatic rings. The number of rotatable bonds is 5. The monoisotopic (exact) mass is 353 g/mol. The lowest BCUT2D eigenvalue weighted by atomic mass is 9.97. The van der Waals surface area contributed by atoms with E-state index in [1.54, 1.807) is 0 Å². The molecule has 0 N–H and O–H groups in total. The number of hydrogen-bond acceptors (Lipinski definition) is 4. The van der Waals surface area contributed by atoms with Gasteiger partial charge in [0.15, 0.2) is 0 Å². The van der Waals surface area contributed by atoms with Crippen molar-refractivity contribution in [1.29, 1.82) is 0 Å². The van der Waals surface area contributed by atoms with Crippen molar-refractivity contribution >= 4 is 16.5 Å². The van der Waals surface area contributed by atoms with Crippen LogP contribution in [-0.2, 0) is 0 Å². The lowest BCUT2D eigenvalue weighted by molar-refractivity contribution is 0.864. The number of hydrogen-bond donors (Lipinski definition) is 0. The van der Waals surface area contributed by atoms with E-state index in [2.05, 4.69) is 59.4 Å². The van der Waals surface area contributed by atoms with E-state index in [0.717, 1.165) is 52.1 Å². The minimum Gasteiger partial charge on any atom is -0.370 e. The molecule has 0 saturated carbocycles. The predicted octanol–water partition coefficient (Wildman–Crippen LogP) is 5.01. The van der Waals surface area contributed by atoms with Crippen LogP contribution in [-0.4, -0.2) is 28.3 Å². The van der Waals surface area contributed by atoms with Crippen molar-refractivity contribution in [2.75, 3.05) is 18.0 Å². The first-order valence-electron chi connectivity index (χ1n) is 9.26. The van der Waals surface area contributed by atoms with E-state index in [-0.39, 0.29) is 0 Å². The quantitative estimate of drug-likeness (QED) is 0.506. The highest BCUT2D eigenvalue weighted by atomic mass is 15.1. The fourth-order valence-electron chi connectivity index (χ4n) is 3.50. The predicted molar refractivity (Wildman–Crippen MR) is 111 cm³/mol. The van der Waals surface area contributed by atoms with Crippen LogP contribution in [0.5, 0.6) is 0 Å². The molecule has 4 aromatic rings. The Morgan fingerprint density at radius 3 is 2.44 bits per heavy atom. The summed E-state index contributed by atoms with van der Waals surface area (Å²) < 4.78 is 0. The molecule has 4 heteroatoms. The highest BCUT2D eigenvalue weighted by Crippen LogP contribution is 2.37. The second-order valence-corrected chi connectivity index (χ2v) is 6.30. The molecule has 0 unspecified atom stereocenters. The van der Waals surface area contributed by atoms with Crippen LogP contribution in [0.2, 0.25) is 0 Å². The maximum atomic E-state index is 4.75. The molecule has 0 aliphatic carbocycles. The first kappa shape index (κ1) is 17.2. The standard InChI is InChI=1S/C23H21N4/c1-3-27(4-2)20-14-9-15-24-23(20)19-13-8-12-18-16-25-26-22(21(18)19)17-10-6-5-7-11-17/h5-15H,3-4H2,1-2H3. The number of anilines is 1. The van der Waals surface area contributed by atoms with Crippen molar-refractivity contribution in [1.82, 2.24) is 15.2 Å². The van der Waals surface area contributed by atoms with E-state index in [9.17, 15) is 0 Å². The average molecular weight is 353 g/mol. The minimum absolute atomic E-state index is 0.858. The van der Waals surface area contributed by atoms with E-state index in [1.807, 2.05) is 42.6 Å². The Kier molecular flexibility index (Phi) is 4.79. The summed E-state index contributed by atoms with van der Waals surface area (Å²) >= 11 is 0. The summed E-state index contributed by atoms with van der Waals surface area (Å²) in [4.78, 5) is 7.07. The molecule has 0 fully saturated rings. The SMILES string of the molecule is CCN(CC)c1cccnc1-c1cccc2[c]nnc(-c3ccccc3)c12. The molecule has 1 radical (unpaired) electrons. The van der Waals surface area contributed by atoms with Gasteiger partial charge in [-0.3, -0.25) is 4.98 Å². The Balaban J connectivity index is 2.03. The summed E-state index contributed by atoms with van der Waals surface area (Å²) in [7, 11) is 0. The highest BCUT2D eigenvalue weighted by Gasteiger charge is 2.17. The lowest BCUT2D eigenvalue weighted by Crippen LogP contribution is -2.22. The molecule has 0 atom stereocenters. The number of pyridine rings is 1.